The molecule has 2 amide bonds. The van der Waals surface area contributed by atoms with E-state index in [2.05, 4.69) is 21.7 Å². The first-order chi connectivity index (χ1) is 14.7. The quantitative estimate of drug-likeness (QED) is 0.616. The van der Waals surface area contributed by atoms with Gasteiger partial charge >= 0.3 is 6.03 Å². The van der Waals surface area contributed by atoms with Gasteiger partial charge in [0.15, 0.2) is 17.6 Å². The molecule has 2 heterocycles. The summed E-state index contributed by atoms with van der Waals surface area (Å²) in [6, 6.07) is 13.4. The van der Waals surface area contributed by atoms with Crippen molar-refractivity contribution in [1.29, 1.82) is 0 Å². The second kappa shape index (κ2) is 7.82. The van der Waals surface area contributed by atoms with Crippen molar-refractivity contribution in [2.24, 2.45) is 0 Å². The fourth-order valence-electron chi connectivity index (χ4n) is 4.29. The molecule has 1 aromatic heterocycles. The Bertz CT molecular complexity index is 1080. The van der Waals surface area contributed by atoms with Crippen LogP contribution in [0.4, 0.5) is 4.79 Å². The number of ether oxygens (including phenoxy) is 3. The molecule has 0 bridgehead atoms. The summed E-state index contributed by atoms with van der Waals surface area (Å²) in [7, 11) is 1.68. The Morgan fingerprint density at radius 1 is 1.23 bits per heavy atom. The van der Waals surface area contributed by atoms with E-state index in [9.17, 15) is 4.79 Å². The van der Waals surface area contributed by atoms with E-state index < -0.39 is 0 Å². The number of nitrogens with one attached hydrogen (secondary N) is 3. The number of hydrogen-bond donors (Lipinski definition) is 3. The Labute approximate surface area is 174 Å². The monoisotopic (exact) mass is 407 g/mol. The third-order valence-corrected chi connectivity index (χ3v) is 5.78. The Hall–Kier alpha value is -3.35. The molecule has 7 heteroatoms. The molecule has 3 aromatic rings. The largest absolute Gasteiger partial charge is 0.497 e. The summed E-state index contributed by atoms with van der Waals surface area (Å²) in [6.45, 7) is 0.790. The SMILES string of the molecule is COc1ccc2[nH]c3c(c2c1)CCC[C@@H]3NC(=O)NC[C@H]1COc2ccccc2O1. The van der Waals surface area contributed by atoms with E-state index in [1.54, 1.807) is 7.11 Å². The van der Waals surface area contributed by atoms with Gasteiger partial charge in [-0.05, 0) is 55.2 Å². The van der Waals surface area contributed by atoms with E-state index in [1.165, 1.54) is 10.9 Å². The number of methoxy groups -OCH3 is 1. The fourth-order valence-corrected chi connectivity index (χ4v) is 4.29. The molecular formula is C23H25N3O4. The zero-order chi connectivity index (χ0) is 20.5. The van der Waals surface area contributed by atoms with Crippen LogP contribution in [-0.4, -0.2) is 37.4 Å². The van der Waals surface area contributed by atoms with Crippen molar-refractivity contribution >= 4 is 16.9 Å². The van der Waals surface area contributed by atoms with Crippen molar-refractivity contribution in [2.75, 3.05) is 20.3 Å². The summed E-state index contributed by atoms with van der Waals surface area (Å²) in [5.74, 6) is 2.29. The molecular weight excluding hydrogens is 382 g/mol. The number of aromatic amines is 1. The highest BCUT2D eigenvalue weighted by Gasteiger charge is 2.27. The van der Waals surface area contributed by atoms with Crippen molar-refractivity contribution in [3.63, 3.8) is 0 Å². The molecule has 0 spiro atoms. The van der Waals surface area contributed by atoms with Crippen LogP contribution in [0, 0.1) is 0 Å². The summed E-state index contributed by atoms with van der Waals surface area (Å²) >= 11 is 0. The highest BCUT2D eigenvalue weighted by Crippen LogP contribution is 2.36. The molecule has 156 valence electrons. The molecule has 1 aliphatic carbocycles. The summed E-state index contributed by atoms with van der Waals surface area (Å²) in [5.41, 5.74) is 3.42. The van der Waals surface area contributed by atoms with Crippen molar-refractivity contribution in [3.8, 4) is 17.2 Å². The minimum atomic E-state index is -0.215. The molecule has 7 nitrogen and oxygen atoms in total. The van der Waals surface area contributed by atoms with Gasteiger partial charge in [0.1, 0.15) is 12.4 Å². The highest BCUT2D eigenvalue weighted by molar-refractivity contribution is 5.87. The Morgan fingerprint density at radius 3 is 2.97 bits per heavy atom. The van der Waals surface area contributed by atoms with Gasteiger partial charge in [0, 0.05) is 16.6 Å². The molecule has 2 aromatic carbocycles. The second-order valence-corrected chi connectivity index (χ2v) is 7.73. The minimum absolute atomic E-state index is 0.0450. The maximum absolute atomic E-state index is 12.6. The number of urea groups is 1. The molecule has 0 radical (unpaired) electrons. The molecule has 30 heavy (non-hydrogen) atoms. The number of aromatic nitrogens is 1. The number of carbonyl (C=O) groups excluding carboxylic acids is 1. The zero-order valence-electron chi connectivity index (χ0n) is 16.9. The van der Waals surface area contributed by atoms with Crippen LogP contribution in [0.2, 0.25) is 0 Å². The lowest BCUT2D eigenvalue weighted by Gasteiger charge is -2.27. The average molecular weight is 407 g/mol. The number of benzene rings is 2. The molecule has 0 saturated heterocycles. The smallest absolute Gasteiger partial charge is 0.315 e. The zero-order valence-corrected chi connectivity index (χ0v) is 16.9. The molecule has 0 fully saturated rings. The van der Waals surface area contributed by atoms with Crippen molar-refractivity contribution in [3.05, 3.63) is 53.7 Å². The number of amides is 2. The van der Waals surface area contributed by atoms with E-state index in [0.29, 0.717) is 18.9 Å². The maximum Gasteiger partial charge on any atom is 0.315 e. The number of para-hydroxylation sites is 2. The van der Waals surface area contributed by atoms with Gasteiger partial charge in [0.2, 0.25) is 0 Å². The third kappa shape index (κ3) is 3.51. The lowest BCUT2D eigenvalue weighted by Crippen LogP contribution is -2.45. The van der Waals surface area contributed by atoms with Crippen LogP contribution in [0.3, 0.4) is 0 Å². The van der Waals surface area contributed by atoms with Crippen LogP contribution in [-0.2, 0) is 6.42 Å². The van der Waals surface area contributed by atoms with Gasteiger partial charge in [-0.15, -0.1) is 0 Å². The van der Waals surface area contributed by atoms with Gasteiger partial charge in [-0.1, -0.05) is 12.1 Å². The Morgan fingerprint density at radius 2 is 2.10 bits per heavy atom. The number of fused-ring (bicyclic) bond motifs is 4. The van der Waals surface area contributed by atoms with E-state index in [4.69, 9.17) is 14.2 Å². The van der Waals surface area contributed by atoms with Gasteiger partial charge in [-0.25, -0.2) is 4.79 Å². The molecule has 0 saturated carbocycles. The van der Waals surface area contributed by atoms with E-state index >= 15 is 0 Å². The maximum atomic E-state index is 12.6. The molecule has 2 atom stereocenters. The first-order valence-corrected chi connectivity index (χ1v) is 10.3. The standard InChI is InChI=1S/C23H25N3O4/c1-28-14-9-10-18-17(11-14)16-5-4-6-19(22(16)25-18)26-23(27)24-12-15-13-29-20-7-2-3-8-21(20)30-15/h2-3,7-11,15,19,25H,4-6,12-13H2,1H3,(H2,24,26,27)/t15-,19-/m0/s1. The van der Waals surface area contributed by atoms with Crippen LogP contribution in [0.5, 0.6) is 17.2 Å². The summed E-state index contributed by atoms with van der Waals surface area (Å²) in [5, 5.41) is 7.21. The number of aryl methyl sites for hydroxylation is 1. The van der Waals surface area contributed by atoms with Crippen LogP contribution in [0.1, 0.15) is 30.1 Å². The second-order valence-electron chi connectivity index (χ2n) is 7.73. The van der Waals surface area contributed by atoms with Crippen LogP contribution in [0.15, 0.2) is 42.5 Å². The van der Waals surface area contributed by atoms with Crippen LogP contribution < -0.4 is 24.8 Å². The molecule has 2 aliphatic rings. The first kappa shape index (κ1) is 18.7. The normalized spacial score (nSPS) is 19.8. The lowest BCUT2D eigenvalue weighted by atomic mass is 9.92. The van der Waals surface area contributed by atoms with Gasteiger partial charge in [0.05, 0.1) is 19.7 Å². The van der Waals surface area contributed by atoms with Gasteiger partial charge < -0.3 is 29.8 Å². The van der Waals surface area contributed by atoms with E-state index in [0.717, 1.165) is 42.0 Å². The predicted molar refractivity (Wildman–Crippen MR) is 113 cm³/mol. The third-order valence-electron chi connectivity index (χ3n) is 5.78. The fraction of sp³-hybridized carbons (Fsp3) is 0.348. The molecule has 1 aliphatic heterocycles. The van der Waals surface area contributed by atoms with E-state index in [1.807, 2.05) is 36.4 Å². The van der Waals surface area contributed by atoms with Crippen LogP contribution in [0.25, 0.3) is 10.9 Å². The summed E-state index contributed by atoms with van der Waals surface area (Å²) < 4.78 is 17.0. The topological polar surface area (TPSA) is 84.6 Å². The van der Waals surface area contributed by atoms with Crippen LogP contribution >= 0.6 is 0 Å². The minimum Gasteiger partial charge on any atom is -0.497 e. The highest BCUT2D eigenvalue weighted by atomic mass is 16.6. The first-order valence-electron chi connectivity index (χ1n) is 10.3. The molecule has 3 N–H and O–H groups in total. The summed E-state index contributed by atoms with van der Waals surface area (Å²) in [6.07, 6.45) is 2.71. The average Bonchev–Trinajstić information content (AvgIpc) is 3.16. The van der Waals surface area contributed by atoms with Gasteiger partial charge in [0.25, 0.3) is 0 Å². The number of hydrogen-bond acceptors (Lipinski definition) is 4. The van der Waals surface area contributed by atoms with Crippen molar-refractivity contribution in [2.45, 2.75) is 31.4 Å². The van der Waals surface area contributed by atoms with Crippen molar-refractivity contribution < 1.29 is 19.0 Å². The number of carbonyl (C=O) groups is 1. The predicted octanol–water partition coefficient (Wildman–Crippen LogP) is 3.69. The van der Waals surface area contributed by atoms with E-state index in [-0.39, 0.29) is 18.2 Å². The van der Waals surface area contributed by atoms with Crippen molar-refractivity contribution in [1.82, 2.24) is 15.6 Å². The summed E-state index contributed by atoms with van der Waals surface area (Å²) in [4.78, 5) is 16.1. The number of rotatable bonds is 4. The van der Waals surface area contributed by atoms with Gasteiger partial charge in [-0.2, -0.15) is 0 Å². The lowest BCUT2D eigenvalue weighted by molar-refractivity contribution is 0.0916. The molecule has 0 unspecified atom stereocenters. The number of H-pyrrole nitrogens is 1. The Kier molecular flexibility index (Phi) is 4.86. The Balaban J connectivity index is 1.23. The van der Waals surface area contributed by atoms with Gasteiger partial charge in [-0.3, -0.25) is 0 Å². The molecule has 5 rings (SSSR count).